The number of nitrogens with one attached hydrogen (secondary N) is 1. The van der Waals surface area contributed by atoms with E-state index in [0.717, 1.165) is 0 Å². The Labute approximate surface area is 292 Å². The van der Waals surface area contributed by atoms with Gasteiger partial charge in [0.05, 0.1) is 46.1 Å². The maximum atomic E-state index is 14.4. The third-order valence-corrected chi connectivity index (χ3v) is 15.2. The van der Waals surface area contributed by atoms with Gasteiger partial charge in [-0.15, -0.1) is 0 Å². The molecule has 6 fully saturated rings. The molecule has 8 rings (SSSR count). The molecule has 1 aliphatic heterocycles. The van der Waals surface area contributed by atoms with Crippen LogP contribution in [0.5, 0.6) is 0 Å². The number of likely N-dealkylation sites (tertiary alicyclic amines) is 1. The Balaban J connectivity index is 1.20. The van der Waals surface area contributed by atoms with Gasteiger partial charge in [-0.2, -0.15) is 5.26 Å². The standard InChI is InChI=1S/C37H45N3O9S/c1-5-40-20-34(49-33(41)23-8-6-7-9-26(23)39-50(44,45)22-12-10-21(19-38)11-13-22)15-14-30(47-3)36-28(34)17-25(31(36)40)35(42)18-27(46-2)24-16-29(36)37(35,43)32(24)48-4/h6-13,24-25,27-32,39,42-43H,5,14-18,20H2,1-4H3/t24-,25+,27+,28-,29+,30+,31?,32+,34-,35+,36+,37+/m1/s1. The number of esters is 1. The number of carbonyl (C=O) groups is 1. The van der Waals surface area contributed by atoms with Gasteiger partial charge >= 0.3 is 5.97 Å². The lowest BCUT2D eigenvalue weighted by molar-refractivity contribution is -0.337. The van der Waals surface area contributed by atoms with Gasteiger partial charge in [-0.05, 0) is 68.6 Å². The normalized spacial score (nSPS) is 42.5. The lowest BCUT2D eigenvalue weighted by atomic mass is 9.44. The van der Waals surface area contributed by atoms with Gasteiger partial charge in [0.2, 0.25) is 0 Å². The average molecular weight is 708 g/mol. The highest BCUT2D eigenvalue weighted by Gasteiger charge is 2.89. The fourth-order valence-electron chi connectivity index (χ4n) is 12.3. The van der Waals surface area contributed by atoms with E-state index in [1.165, 1.54) is 30.3 Å². The molecule has 13 heteroatoms. The summed E-state index contributed by atoms with van der Waals surface area (Å²) in [6.45, 7) is 3.16. The first-order valence-corrected chi connectivity index (χ1v) is 19.0. The van der Waals surface area contributed by atoms with E-state index in [4.69, 9.17) is 24.2 Å². The number of hydrogen-bond donors (Lipinski definition) is 3. The second-order valence-corrected chi connectivity index (χ2v) is 16.9. The second-order valence-electron chi connectivity index (χ2n) is 15.2. The van der Waals surface area contributed by atoms with Crippen molar-refractivity contribution >= 4 is 21.7 Å². The highest BCUT2D eigenvalue weighted by atomic mass is 32.2. The summed E-state index contributed by atoms with van der Waals surface area (Å²) < 4.78 is 54.5. The van der Waals surface area contributed by atoms with Crippen LogP contribution in [0, 0.1) is 40.4 Å². The molecule has 0 radical (unpaired) electrons. The minimum Gasteiger partial charge on any atom is -0.454 e. The minimum atomic E-state index is -4.10. The van der Waals surface area contributed by atoms with Crippen LogP contribution in [0.3, 0.4) is 0 Å². The molecular formula is C37H45N3O9S. The van der Waals surface area contributed by atoms with Gasteiger partial charge < -0.3 is 29.2 Å². The molecule has 12 atom stereocenters. The molecule has 12 nitrogen and oxygen atoms in total. The maximum Gasteiger partial charge on any atom is 0.340 e. The Hall–Kier alpha value is -3.09. The van der Waals surface area contributed by atoms with Crippen LogP contribution >= 0.6 is 0 Å². The van der Waals surface area contributed by atoms with E-state index in [-0.39, 0.29) is 52.1 Å². The SMILES string of the molecule is CCN1C[C@]2(OC(=O)c3ccccc3NS(=O)(=O)c3ccc(C#N)cc3)CC[C@H](OC)[C@]34C1[C@H](C[C@H]23)[C@@]1(O)C[C@H](OC)[C@H]2C[C@@H]4[C@]1(O)[C@H]2OC. The van der Waals surface area contributed by atoms with E-state index in [0.29, 0.717) is 50.8 Å². The van der Waals surface area contributed by atoms with Crippen LogP contribution in [-0.4, -0.2) is 105 Å². The summed E-state index contributed by atoms with van der Waals surface area (Å²) in [6.07, 6.45) is 1.33. The zero-order chi connectivity index (χ0) is 35.4. The van der Waals surface area contributed by atoms with Gasteiger partial charge in [0.25, 0.3) is 10.0 Å². The summed E-state index contributed by atoms with van der Waals surface area (Å²) in [4.78, 5) is 16.7. The molecule has 2 aromatic rings. The molecule has 0 amide bonds. The molecule has 0 aromatic heterocycles. The van der Waals surface area contributed by atoms with Crippen molar-refractivity contribution in [2.24, 2.45) is 29.1 Å². The van der Waals surface area contributed by atoms with Gasteiger partial charge in [-0.1, -0.05) is 19.1 Å². The lowest BCUT2D eigenvalue weighted by Crippen LogP contribution is -2.83. The monoisotopic (exact) mass is 707 g/mol. The third-order valence-electron chi connectivity index (χ3n) is 13.9. The van der Waals surface area contributed by atoms with Crippen molar-refractivity contribution in [2.75, 3.05) is 39.1 Å². The van der Waals surface area contributed by atoms with Crippen LogP contribution in [0.2, 0.25) is 0 Å². The summed E-state index contributed by atoms with van der Waals surface area (Å²) in [5, 5.41) is 35.0. The third kappa shape index (κ3) is 4.12. The number of methoxy groups -OCH3 is 3. The fraction of sp³-hybridized carbons (Fsp3) is 0.622. The Morgan fingerprint density at radius 1 is 1.04 bits per heavy atom. The maximum absolute atomic E-state index is 14.4. The van der Waals surface area contributed by atoms with Crippen molar-refractivity contribution < 1.29 is 42.4 Å². The van der Waals surface area contributed by atoms with Crippen LogP contribution in [0.4, 0.5) is 5.69 Å². The van der Waals surface area contributed by atoms with Crippen molar-refractivity contribution in [3.8, 4) is 6.07 Å². The number of likely N-dealkylation sites (N-methyl/N-ethyl adjacent to an activating group) is 1. The molecule has 3 N–H and O–H groups in total. The van der Waals surface area contributed by atoms with E-state index in [1.807, 2.05) is 6.07 Å². The number of aliphatic hydroxyl groups is 2. The summed E-state index contributed by atoms with van der Waals surface area (Å²) in [5.41, 5.74) is -4.21. The molecule has 6 aliphatic rings. The van der Waals surface area contributed by atoms with Gasteiger partial charge in [0.15, 0.2) is 0 Å². The quantitative estimate of drug-likeness (QED) is 0.328. The van der Waals surface area contributed by atoms with Crippen molar-refractivity contribution in [2.45, 2.75) is 85.1 Å². The number of hydrogen-bond acceptors (Lipinski definition) is 11. The van der Waals surface area contributed by atoms with Crippen LogP contribution in [0.25, 0.3) is 0 Å². The summed E-state index contributed by atoms with van der Waals surface area (Å²) in [6, 6.07) is 13.8. The van der Waals surface area contributed by atoms with Crippen molar-refractivity contribution in [3.63, 3.8) is 0 Å². The van der Waals surface area contributed by atoms with Crippen molar-refractivity contribution in [1.29, 1.82) is 5.26 Å². The largest absolute Gasteiger partial charge is 0.454 e. The lowest BCUT2D eigenvalue weighted by Gasteiger charge is -2.70. The van der Waals surface area contributed by atoms with Gasteiger partial charge in [-0.3, -0.25) is 9.62 Å². The molecule has 5 aliphatic carbocycles. The van der Waals surface area contributed by atoms with E-state index in [1.54, 1.807) is 39.5 Å². The van der Waals surface area contributed by atoms with Crippen LogP contribution in [-0.2, 0) is 29.0 Å². The number of nitriles is 1. The number of rotatable bonds is 9. The first-order valence-electron chi connectivity index (χ1n) is 17.5. The Morgan fingerprint density at radius 3 is 2.44 bits per heavy atom. The first kappa shape index (κ1) is 34.0. The zero-order valence-electron chi connectivity index (χ0n) is 28.7. The molecular weight excluding hydrogens is 662 g/mol. The Bertz CT molecular complexity index is 1850. The molecule has 1 spiro atoms. The van der Waals surface area contributed by atoms with Crippen LogP contribution in [0.15, 0.2) is 53.4 Å². The number of anilines is 1. The van der Waals surface area contributed by atoms with Crippen molar-refractivity contribution in [3.05, 3.63) is 59.7 Å². The average Bonchev–Trinajstić information content (AvgIpc) is 3.54. The number of ether oxygens (including phenoxy) is 4. The number of sulfonamides is 1. The smallest absolute Gasteiger partial charge is 0.340 e. The summed E-state index contributed by atoms with van der Waals surface area (Å²) >= 11 is 0. The molecule has 1 saturated heterocycles. The van der Waals surface area contributed by atoms with E-state index >= 15 is 0 Å². The summed E-state index contributed by atoms with van der Waals surface area (Å²) in [5.74, 6) is -1.78. The van der Waals surface area contributed by atoms with E-state index < -0.39 is 50.2 Å². The molecule has 2 aromatic carbocycles. The predicted octanol–water partition coefficient (Wildman–Crippen LogP) is 2.94. The zero-order valence-corrected chi connectivity index (χ0v) is 29.6. The second kappa shape index (κ2) is 11.5. The molecule has 5 saturated carbocycles. The number of benzene rings is 2. The van der Waals surface area contributed by atoms with E-state index in [9.17, 15) is 23.4 Å². The van der Waals surface area contributed by atoms with Crippen molar-refractivity contribution in [1.82, 2.24) is 4.90 Å². The predicted molar refractivity (Wildman–Crippen MR) is 179 cm³/mol. The molecule has 50 heavy (non-hydrogen) atoms. The fourth-order valence-corrected chi connectivity index (χ4v) is 13.4. The first-order chi connectivity index (χ1) is 23.9. The molecule has 7 bridgehead atoms. The number of fused-ring (bicyclic) bond motifs is 2. The number of para-hydroxylation sites is 1. The molecule has 1 unspecified atom stereocenters. The number of nitrogens with zero attached hydrogens (tertiary/aromatic N) is 2. The summed E-state index contributed by atoms with van der Waals surface area (Å²) in [7, 11) is 0.864. The van der Waals surface area contributed by atoms with Gasteiger partial charge in [-0.25, -0.2) is 13.2 Å². The topological polar surface area (TPSA) is 168 Å². The number of piperidine rings is 1. The van der Waals surface area contributed by atoms with Gasteiger partial charge in [0.1, 0.15) is 16.8 Å². The number of carbonyl (C=O) groups excluding carboxylic acids is 1. The van der Waals surface area contributed by atoms with Gasteiger partial charge in [0, 0.05) is 69.4 Å². The highest BCUT2D eigenvalue weighted by Crippen LogP contribution is 2.79. The molecule has 268 valence electrons. The minimum absolute atomic E-state index is 0.0467. The molecule has 1 heterocycles. The Kier molecular flexibility index (Phi) is 7.79. The Morgan fingerprint density at radius 2 is 1.78 bits per heavy atom. The van der Waals surface area contributed by atoms with Crippen LogP contribution in [0.1, 0.15) is 54.9 Å². The van der Waals surface area contributed by atoms with E-state index in [2.05, 4.69) is 16.5 Å². The van der Waals surface area contributed by atoms with Crippen LogP contribution < -0.4 is 4.72 Å². The highest BCUT2D eigenvalue weighted by molar-refractivity contribution is 7.92.